The standard InChI is InChI=1S/C13H18N2O2/c14-13(17)10-6-15(7-10)12(16)5-11(8-1-2-8)9-3-4-9/h5,8-10H,1-4,6-7H2,(H2,14,17). The van der Waals surface area contributed by atoms with Gasteiger partial charge in [-0.05, 0) is 37.5 Å². The van der Waals surface area contributed by atoms with E-state index in [1.165, 1.54) is 31.3 Å². The molecule has 0 radical (unpaired) electrons. The van der Waals surface area contributed by atoms with E-state index in [2.05, 4.69) is 0 Å². The van der Waals surface area contributed by atoms with E-state index in [4.69, 9.17) is 5.73 Å². The van der Waals surface area contributed by atoms with Crippen LogP contribution in [0, 0.1) is 17.8 Å². The number of carbonyl (C=O) groups excluding carboxylic acids is 2. The average molecular weight is 234 g/mol. The largest absolute Gasteiger partial charge is 0.369 e. The van der Waals surface area contributed by atoms with Gasteiger partial charge in [-0.15, -0.1) is 0 Å². The zero-order valence-electron chi connectivity index (χ0n) is 9.89. The zero-order valence-corrected chi connectivity index (χ0v) is 9.89. The van der Waals surface area contributed by atoms with E-state index in [0.717, 1.165) is 0 Å². The molecule has 2 N–H and O–H groups in total. The van der Waals surface area contributed by atoms with Gasteiger partial charge in [-0.2, -0.15) is 0 Å². The number of amides is 2. The van der Waals surface area contributed by atoms with Gasteiger partial charge in [0, 0.05) is 19.2 Å². The molecule has 92 valence electrons. The quantitative estimate of drug-likeness (QED) is 0.727. The zero-order chi connectivity index (χ0) is 12.0. The topological polar surface area (TPSA) is 63.4 Å². The van der Waals surface area contributed by atoms with E-state index in [9.17, 15) is 9.59 Å². The van der Waals surface area contributed by atoms with Crippen molar-refractivity contribution in [3.05, 3.63) is 11.6 Å². The third-order valence-electron chi connectivity index (χ3n) is 3.98. The lowest BCUT2D eigenvalue weighted by Crippen LogP contribution is -2.54. The first-order chi connectivity index (χ1) is 8.15. The molecule has 0 spiro atoms. The Morgan fingerprint density at radius 1 is 1.00 bits per heavy atom. The number of rotatable bonds is 4. The molecule has 3 fully saturated rings. The fourth-order valence-electron chi connectivity index (χ4n) is 2.47. The fraction of sp³-hybridized carbons (Fsp3) is 0.692. The highest BCUT2D eigenvalue weighted by molar-refractivity contribution is 5.91. The third kappa shape index (κ3) is 2.21. The molecule has 0 aromatic heterocycles. The van der Waals surface area contributed by atoms with Crippen LogP contribution in [-0.4, -0.2) is 29.8 Å². The number of allylic oxidation sites excluding steroid dienone is 1. The van der Waals surface area contributed by atoms with Crippen LogP contribution < -0.4 is 5.73 Å². The summed E-state index contributed by atoms with van der Waals surface area (Å²) >= 11 is 0. The normalized spacial score (nSPS) is 24.1. The summed E-state index contributed by atoms with van der Waals surface area (Å²) in [6.07, 6.45) is 6.84. The minimum atomic E-state index is -0.289. The molecule has 1 saturated heterocycles. The average Bonchev–Trinajstić information content (AvgIpc) is 3.05. The molecule has 4 nitrogen and oxygen atoms in total. The van der Waals surface area contributed by atoms with Gasteiger partial charge in [0.15, 0.2) is 0 Å². The first kappa shape index (κ1) is 10.8. The SMILES string of the molecule is NC(=O)C1CN(C(=O)C=C(C2CC2)C2CC2)C1. The van der Waals surface area contributed by atoms with Crippen LogP contribution in [0.2, 0.25) is 0 Å². The molecule has 1 aliphatic heterocycles. The van der Waals surface area contributed by atoms with E-state index in [1.807, 2.05) is 6.08 Å². The number of carbonyl (C=O) groups is 2. The second kappa shape index (κ2) is 3.86. The molecule has 0 aromatic carbocycles. The molecule has 2 aliphatic carbocycles. The highest BCUT2D eigenvalue weighted by Crippen LogP contribution is 2.48. The Hall–Kier alpha value is -1.32. The van der Waals surface area contributed by atoms with E-state index in [1.54, 1.807) is 4.90 Å². The lowest BCUT2D eigenvalue weighted by atomic mass is 9.98. The molecular weight excluding hydrogens is 216 g/mol. The van der Waals surface area contributed by atoms with E-state index >= 15 is 0 Å². The van der Waals surface area contributed by atoms with Crippen LogP contribution in [-0.2, 0) is 9.59 Å². The van der Waals surface area contributed by atoms with Crippen LogP contribution in [0.15, 0.2) is 11.6 Å². The fourth-order valence-corrected chi connectivity index (χ4v) is 2.47. The molecule has 0 atom stereocenters. The Bertz CT molecular complexity index is 374. The minimum Gasteiger partial charge on any atom is -0.369 e. The van der Waals surface area contributed by atoms with Crippen LogP contribution >= 0.6 is 0 Å². The van der Waals surface area contributed by atoms with Gasteiger partial charge >= 0.3 is 0 Å². The van der Waals surface area contributed by atoms with Crippen molar-refractivity contribution in [1.82, 2.24) is 4.90 Å². The predicted octanol–water partition coefficient (Wildman–Crippen LogP) is 0.676. The second-order valence-corrected chi connectivity index (χ2v) is 5.54. The maximum Gasteiger partial charge on any atom is 0.246 e. The number of primary amides is 1. The van der Waals surface area contributed by atoms with Crippen molar-refractivity contribution in [3.63, 3.8) is 0 Å². The molecule has 3 rings (SSSR count). The summed E-state index contributed by atoms with van der Waals surface area (Å²) < 4.78 is 0. The third-order valence-corrected chi connectivity index (χ3v) is 3.98. The van der Waals surface area contributed by atoms with Crippen molar-refractivity contribution in [1.29, 1.82) is 0 Å². The van der Waals surface area contributed by atoms with Crippen LogP contribution in [0.4, 0.5) is 0 Å². The second-order valence-electron chi connectivity index (χ2n) is 5.54. The van der Waals surface area contributed by atoms with Crippen molar-refractivity contribution in [3.8, 4) is 0 Å². The van der Waals surface area contributed by atoms with E-state index < -0.39 is 0 Å². The monoisotopic (exact) mass is 234 g/mol. The van der Waals surface area contributed by atoms with Gasteiger partial charge < -0.3 is 10.6 Å². The van der Waals surface area contributed by atoms with Gasteiger partial charge in [-0.3, -0.25) is 9.59 Å². The van der Waals surface area contributed by atoms with Crippen LogP contribution in [0.5, 0.6) is 0 Å². The molecule has 0 bridgehead atoms. The minimum absolute atomic E-state index is 0.0799. The van der Waals surface area contributed by atoms with Crippen LogP contribution in [0.3, 0.4) is 0 Å². The summed E-state index contributed by atoms with van der Waals surface area (Å²) in [7, 11) is 0. The van der Waals surface area contributed by atoms with E-state index in [0.29, 0.717) is 24.9 Å². The number of nitrogens with zero attached hydrogens (tertiary/aromatic N) is 1. The lowest BCUT2D eigenvalue weighted by Gasteiger charge is -2.36. The summed E-state index contributed by atoms with van der Waals surface area (Å²) in [4.78, 5) is 24.6. The summed E-state index contributed by atoms with van der Waals surface area (Å²) in [5.74, 6) is 1.02. The van der Waals surface area contributed by atoms with Crippen molar-refractivity contribution in [2.75, 3.05) is 13.1 Å². The summed E-state index contributed by atoms with van der Waals surface area (Å²) in [5.41, 5.74) is 6.56. The van der Waals surface area contributed by atoms with Gasteiger partial charge in [0.2, 0.25) is 11.8 Å². The van der Waals surface area contributed by atoms with Gasteiger partial charge in [-0.25, -0.2) is 0 Å². The summed E-state index contributed by atoms with van der Waals surface area (Å²) in [6.45, 7) is 1.01. The maximum absolute atomic E-state index is 12.0. The molecule has 0 unspecified atom stereocenters. The molecule has 2 saturated carbocycles. The molecule has 2 amide bonds. The maximum atomic E-state index is 12.0. The Morgan fingerprint density at radius 3 is 1.94 bits per heavy atom. The van der Waals surface area contributed by atoms with Crippen LogP contribution in [0.1, 0.15) is 25.7 Å². The van der Waals surface area contributed by atoms with Gasteiger partial charge in [0.05, 0.1) is 5.92 Å². The van der Waals surface area contributed by atoms with Gasteiger partial charge in [0.25, 0.3) is 0 Å². The van der Waals surface area contributed by atoms with Crippen molar-refractivity contribution < 1.29 is 9.59 Å². The molecule has 4 heteroatoms. The van der Waals surface area contributed by atoms with Crippen molar-refractivity contribution in [2.24, 2.45) is 23.5 Å². The summed E-state index contributed by atoms with van der Waals surface area (Å²) in [5, 5.41) is 0. The number of nitrogens with two attached hydrogens (primary N) is 1. The van der Waals surface area contributed by atoms with Crippen molar-refractivity contribution >= 4 is 11.8 Å². The summed E-state index contributed by atoms with van der Waals surface area (Å²) in [6, 6.07) is 0. The smallest absolute Gasteiger partial charge is 0.246 e. The van der Waals surface area contributed by atoms with Crippen LogP contribution in [0.25, 0.3) is 0 Å². The van der Waals surface area contributed by atoms with Crippen molar-refractivity contribution in [2.45, 2.75) is 25.7 Å². The Labute approximate surface area is 101 Å². The highest BCUT2D eigenvalue weighted by Gasteiger charge is 2.38. The Kier molecular flexibility index (Phi) is 2.45. The van der Waals surface area contributed by atoms with Gasteiger partial charge in [-0.1, -0.05) is 5.57 Å². The predicted molar refractivity (Wildman–Crippen MR) is 62.8 cm³/mol. The first-order valence-corrected chi connectivity index (χ1v) is 6.45. The lowest BCUT2D eigenvalue weighted by molar-refractivity contribution is -0.137. The first-order valence-electron chi connectivity index (χ1n) is 6.45. The molecular formula is C13H18N2O2. The molecule has 1 heterocycles. The Morgan fingerprint density at radius 2 is 1.53 bits per heavy atom. The number of likely N-dealkylation sites (tertiary alicyclic amines) is 1. The Balaban J connectivity index is 1.59. The van der Waals surface area contributed by atoms with Gasteiger partial charge in [0.1, 0.15) is 0 Å². The highest BCUT2D eigenvalue weighted by atomic mass is 16.2. The molecule has 3 aliphatic rings. The molecule has 17 heavy (non-hydrogen) atoms. The van der Waals surface area contributed by atoms with E-state index in [-0.39, 0.29) is 17.7 Å². The molecule has 0 aromatic rings. The number of hydrogen-bond acceptors (Lipinski definition) is 2. The number of hydrogen-bond donors (Lipinski definition) is 1.